The summed E-state index contributed by atoms with van der Waals surface area (Å²) in [6, 6.07) is -0.479. The molecule has 3 rings (SSSR count). The van der Waals surface area contributed by atoms with E-state index in [0.717, 1.165) is 25.7 Å². The largest absolute Gasteiger partial charge is 0.468 e. The quantitative estimate of drug-likeness (QED) is 0.760. The minimum absolute atomic E-state index is 0.0775. The number of ether oxygens (including phenoxy) is 2. The second-order valence-electron chi connectivity index (χ2n) is 6.76. The van der Waals surface area contributed by atoms with Gasteiger partial charge in [0.25, 0.3) is 0 Å². The van der Waals surface area contributed by atoms with E-state index in [-0.39, 0.29) is 22.6 Å². The van der Waals surface area contributed by atoms with Crippen molar-refractivity contribution >= 4 is 5.97 Å². The van der Waals surface area contributed by atoms with Crippen LogP contribution in [0.2, 0.25) is 0 Å². The molecule has 0 heterocycles. The Kier molecular flexibility index (Phi) is 2.79. The first kappa shape index (κ1) is 12.8. The van der Waals surface area contributed by atoms with E-state index >= 15 is 0 Å². The molecule has 17 heavy (non-hydrogen) atoms. The van der Waals surface area contributed by atoms with E-state index in [9.17, 15) is 4.79 Å². The van der Waals surface area contributed by atoms with Crippen molar-refractivity contribution in [3.05, 3.63) is 0 Å². The second-order valence-corrected chi connectivity index (χ2v) is 6.76. The monoisotopic (exact) mass is 241 g/mol. The van der Waals surface area contributed by atoms with E-state index in [2.05, 4.69) is 25.5 Å². The molecule has 3 fully saturated rings. The van der Waals surface area contributed by atoms with Crippen molar-refractivity contribution < 1.29 is 14.3 Å². The number of hydrogen-bond acceptors (Lipinski definition) is 4. The van der Waals surface area contributed by atoms with Crippen LogP contribution >= 0.6 is 0 Å². The number of hydrogen-bond donors (Lipinski definition) is 1. The third-order valence-corrected chi connectivity index (χ3v) is 3.77. The Labute approximate surface area is 103 Å². The lowest BCUT2D eigenvalue weighted by atomic mass is 9.39. The van der Waals surface area contributed by atoms with E-state index in [1.165, 1.54) is 7.11 Å². The highest BCUT2D eigenvalue weighted by Gasteiger charge is 2.69. The topological polar surface area (TPSA) is 61.5 Å². The number of rotatable bonds is 4. The van der Waals surface area contributed by atoms with Gasteiger partial charge in [-0.1, -0.05) is 0 Å². The highest BCUT2D eigenvalue weighted by molar-refractivity contribution is 5.75. The van der Waals surface area contributed by atoms with Crippen LogP contribution < -0.4 is 5.73 Å². The molecule has 0 unspecified atom stereocenters. The zero-order valence-electron chi connectivity index (χ0n) is 11.2. The molecular weight excluding hydrogens is 218 g/mol. The van der Waals surface area contributed by atoms with Crippen molar-refractivity contribution in [2.24, 2.45) is 11.1 Å². The Morgan fingerprint density at radius 2 is 1.88 bits per heavy atom. The number of carbonyl (C=O) groups is 1. The molecule has 4 nitrogen and oxygen atoms in total. The lowest BCUT2D eigenvalue weighted by Gasteiger charge is -2.71. The normalized spacial score (nSPS) is 36.8. The smallest absolute Gasteiger partial charge is 0.322 e. The lowest BCUT2D eigenvalue weighted by Crippen LogP contribution is -2.71. The van der Waals surface area contributed by atoms with Crippen LogP contribution in [0.5, 0.6) is 0 Å². The number of esters is 1. The van der Waals surface area contributed by atoms with Crippen molar-refractivity contribution in [3.63, 3.8) is 0 Å². The molecule has 2 N–H and O–H groups in total. The van der Waals surface area contributed by atoms with E-state index < -0.39 is 6.04 Å². The van der Waals surface area contributed by atoms with Crippen LogP contribution in [0.1, 0.15) is 46.5 Å². The van der Waals surface area contributed by atoms with Gasteiger partial charge in [0, 0.05) is 0 Å². The fourth-order valence-electron chi connectivity index (χ4n) is 3.57. The van der Waals surface area contributed by atoms with Crippen molar-refractivity contribution in [1.29, 1.82) is 0 Å². The number of methoxy groups -OCH3 is 1. The van der Waals surface area contributed by atoms with Gasteiger partial charge in [-0.05, 0) is 51.9 Å². The van der Waals surface area contributed by atoms with Crippen LogP contribution in [0.4, 0.5) is 0 Å². The van der Waals surface area contributed by atoms with Crippen LogP contribution in [0, 0.1) is 5.41 Å². The molecule has 0 amide bonds. The summed E-state index contributed by atoms with van der Waals surface area (Å²) in [5, 5.41) is 0. The molecule has 0 spiro atoms. The van der Waals surface area contributed by atoms with Gasteiger partial charge >= 0.3 is 5.97 Å². The lowest BCUT2D eigenvalue weighted by molar-refractivity contribution is -0.320. The van der Waals surface area contributed by atoms with E-state index in [4.69, 9.17) is 10.5 Å². The minimum Gasteiger partial charge on any atom is -0.468 e. The summed E-state index contributed by atoms with van der Waals surface area (Å²) < 4.78 is 10.7. The Morgan fingerprint density at radius 3 is 2.29 bits per heavy atom. The maximum atomic E-state index is 11.3. The predicted molar refractivity (Wildman–Crippen MR) is 64.5 cm³/mol. The third-order valence-electron chi connectivity index (χ3n) is 3.77. The van der Waals surface area contributed by atoms with Crippen molar-refractivity contribution in [1.82, 2.24) is 0 Å². The van der Waals surface area contributed by atoms with Crippen molar-refractivity contribution in [2.75, 3.05) is 7.11 Å². The summed E-state index contributed by atoms with van der Waals surface area (Å²) >= 11 is 0. The summed E-state index contributed by atoms with van der Waals surface area (Å²) in [4.78, 5) is 11.3. The minimum atomic E-state index is -0.479. The van der Waals surface area contributed by atoms with Crippen LogP contribution in [-0.4, -0.2) is 30.3 Å². The first-order valence-electron chi connectivity index (χ1n) is 6.23. The summed E-state index contributed by atoms with van der Waals surface area (Å²) in [6.07, 6.45) is 3.86. The first-order chi connectivity index (χ1) is 7.69. The molecular formula is C13H23NO3. The van der Waals surface area contributed by atoms with Gasteiger partial charge in [-0.15, -0.1) is 0 Å². The molecule has 0 aromatic carbocycles. The van der Waals surface area contributed by atoms with Crippen LogP contribution in [0.3, 0.4) is 0 Å². The molecule has 4 heteroatoms. The standard InChI is InChI=1S/C13H23NO3/c1-11(2,3)17-13-6-12(7-13,8-13)5-9(14)10(15)16-4/h9H,5-8,14H2,1-4H3/t9-,12?,13?/m0/s1. The second kappa shape index (κ2) is 3.69. The van der Waals surface area contributed by atoms with Crippen LogP contribution in [-0.2, 0) is 14.3 Å². The summed E-state index contributed by atoms with van der Waals surface area (Å²) in [5.74, 6) is -0.305. The third kappa shape index (κ3) is 2.33. The predicted octanol–water partition coefficient (Wildman–Crippen LogP) is 1.61. The Morgan fingerprint density at radius 1 is 1.35 bits per heavy atom. The fourth-order valence-corrected chi connectivity index (χ4v) is 3.57. The Balaban J connectivity index is 1.81. The summed E-state index contributed by atoms with van der Waals surface area (Å²) in [7, 11) is 1.38. The molecule has 3 saturated carbocycles. The van der Waals surface area contributed by atoms with E-state index in [1.54, 1.807) is 0 Å². The summed E-state index contributed by atoms with van der Waals surface area (Å²) in [5.41, 5.74) is 6.04. The molecule has 0 aromatic rings. The Hall–Kier alpha value is -0.610. The average molecular weight is 241 g/mol. The fraction of sp³-hybridized carbons (Fsp3) is 0.923. The van der Waals surface area contributed by atoms with Gasteiger partial charge in [0.1, 0.15) is 6.04 Å². The molecule has 98 valence electrons. The molecule has 2 bridgehead atoms. The zero-order chi connectivity index (χ0) is 12.9. The molecule has 0 aliphatic heterocycles. The highest BCUT2D eigenvalue weighted by atomic mass is 16.5. The van der Waals surface area contributed by atoms with Gasteiger partial charge in [0.15, 0.2) is 0 Å². The van der Waals surface area contributed by atoms with E-state index in [1.807, 2.05) is 0 Å². The molecule has 3 aliphatic carbocycles. The maximum absolute atomic E-state index is 11.3. The number of carbonyl (C=O) groups excluding carboxylic acids is 1. The molecule has 0 radical (unpaired) electrons. The van der Waals surface area contributed by atoms with Gasteiger partial charge in [0.05, 0.1) is 18.3 Å². The number of nitrogens with two attached hydrogens (primary N) is 1. The van der Waals surface area contributed by atoms with Gasteiger partial charge in [-0.25, -0.2) is 0 Å². The van der Waals surface area contributed by atoms with Crippen LogP contribution in [0.15, 0.2) is 0 Å². The molecule has 3 aliphatic rings. The molecule has 0 saturated heterocycles. The Bertz CT molecular complexity index is 312. The summed E-state index contributed by atoms with van der Waals surface area (Å²) in [6.45, 7) is 6.25. The average Bonchev–Trinajstić information content (AvgIpc) is 2.08. The maximum Gasteiger partial charge on any atom is 0.322 e. The molecule has 0 aromatic heterocycles. The van der Waals surface area contributed by atoms with Crippen LogP contribution in [0.25, 0.3) is 0 Å². The highest BCUT2D eigenvalue weighted by Crippen LogP contribution is 2.71. The zero-order valence-corrected chi connectivity index (χ0v) is 11.2. The van der Waals surface area contributed by atoms with Gasteiger partial charge in [-0.2, -0.15) is 0 Å². The van der Waals surface area contributed by atoms with Crippen molar-refractivity contribution in [2.45, 2.75) is 63.7 Å². The van der Waals surface area contributed by atoms with Gasteiger partial charge < -0.3 is 15.2 Å². The first-order valence-corrected chi connectivity index (χ1v) is 6.23. The van der Waals surface area contributed by atoms with Gasteiger partial charge in [-0.3, -0.25) is 4.79 Å². The van der Waals surface area contributed by atoms with Gasteiger partial charge in [0.2, 0.25) is 0 Å². The molecule has 1 atom stereocenters. The van der Waals surface area contributed by atoms with E-state index in [0.29, 0.717) is 0 Å². The van der Waals surface area contributed by atoms with Crippen molar-refractivity contribution in [3.8, 4) is 0 Å². The SMILES string of the molecule is COC(=O)[C@@H](N)CC12CC(OC(C)(C)C)(C1)C2.